The van der Waals surface area contributed by atoms with E-state index in [0.29, 0.717) is 5.92 Å². The Morgan fingerprint density at radius 3 is 2.25 bits per heavy atom. The lowest BCUT2D eigenvalue weighted by Crippen LogP contribution is -2.01. The highest BCUT2D eigenvalue weighted by Gasteiger charge is 2.07. The van der Waals surface area contributed by atoms with Crippen LogP contribution >= 0.6 is 0 Å². The van der Waals surface area contributed by atoms with Gasteiger partial charge in [-0.3, -0.25) is 0 Å². The monoisotopic (exact) mass is 222 g/mol. The minimum atomic E-state index is 0.242. The van der Waals surface area contributed by atoms with Crippen molar-refractivity contribution in [3.8, 4) is 0 Å². The molecule has 16 heavy (non-hydrogen) atoms. The van der Waals surface area contributed by atoms with Crippen LogP contribution in [0.5, 0.6) is 0 Å². The van der Waals surface area contributed by atoms with Crippen LogP contribution in [-0.2, 0) is 0 Å². The zero-order valence-electron chi connectivity index (χ0n) is 11.1. The maximum Gasteiger partial charge on any atom is 0.0468 e. The zero-order valence-corrected chi connectivity index (χ0v) is 11.1. The minimum absolute atomic E-state index is 0.242. The molecule has 1 N–H and O–H groups in total. The second-order valence-corrected chi connectivity index (χ2v) is 4.80. The number of hydrogen-bond donors (Lipinski definition) is 1. The number of hydrogen-bond acceptors (Lipinski definition) is 1. The Morgan fingerprint density at radius 1 is 1.19 bits per heavy atom. The molecule has 0 aliphatic heterocycles. The highest BCUT2D eigenvalue weighted by atomic mass is 16.2. The molecular formula is C15H26O. The van der Waals surface area contributed by atoms with Gasteiger partial charge in [0.05, 0.1) is 0 Å². The van der Waals surface area contributed by atoms with E-state index in [1.165, 1.54) is 16.7 Å². The van der Waals surface area contributed by atoms with Crippen LogP contribution in [0.25, 0.3) is 0 Å². The Bertz CT molecular complexity index is 261. The molecule has 0 aliphatic rings. The Morgan fingerprint density at radius 2 is 1.81 bits per heavy atom. The summed E-state index contributed by atoms with van der Waals surface area (Å²) in [5.74, 6) is 0.547. The molecule has 1 atom stereocenters. The third-order valence-electron chi connectivity index (χ3n) is 2.87. The number of aliphatic hydroxyl groups is 1. The van der Waals surface area contributed by atoms with Gasteiger partial charge < -0.3 is 5.11 Å². The standard InChI is InChI=1S/C15H26O/c1-12(2)6-8-15(13(3)4)9-7-14(5)10-11-16/h7,15-16H,1,3,6,8-11H2,2,4-5H3/b14-7+. The van der Waals surface area contributed by atoms with Gasteiger partial charge >= 0.3 is 0 Å². The molecule has 1 nitrogen and oxygen atoms in total. The molecule has 1 heteroatoms. The fraction of sp³-hybridized carbons (Fsp3) is 0.600. The van der Waals surface area contributed by atoms with Crippen molar-refractivity contribution in [2.24, 2.45) is 5.92 Å². The van der Waals surface area contributed by atoms with E-state index in [0.717, 1.165) is 25.7 Å². The van der Waals surface area contributed by atoms with Gasteiger partial charge in [0.2, 0.25) is 0 Å². The summed E-state index contributed by atoms with van der Waals surface area (Å²) >= 11 is 0. The molecule has 0 aliphatic carbocycles. The van der Waals surface area contributed by atoms with Crippen molar-refractivity contribution in [3.05, 3.63) is 36.0 Å². The lowest BCUT2D eigenvalue weighted by Gasteiger charge is -2.15. The largest absolute Gasteiger partial charge is 0.396 e. The lowest BCUT2D eigenvalue weighted by atomic mass is 9.90. The van der Waals surface area contributed by atoms with Gasteiger partial charge in [-0.15, -0.1) is 6.58 Å². The summed E-state index contributed by atoms with van der Waals surface area (Å²) in [6, 6.07) is 0. The molecule has 0 aromatic carbocycles. The molecular weight excluding hydrogens is 196 g/mol. The molecule has 0 aromatic heterocycles. The number of aliphatic hydroxyl groups excluding tert-OH is 1. The van der Waals surface area contributed by atoms with Crippen molar-refractivity contribution >= 4 is 0 Å². The fourth-order valence-corrected chi connectivity index (χ4v) is 1.61. The third-order valence-corrected chi connectivity index (χ3v) is 2.87. The smallest absolute Gasteiger partial charge is 0.0468 e. The molecule has 0 saturated heterocycles. The van der Waals surface area contributed by atoms with Crippen LogP contribution in [0.15, 0.2) is 36.0 Å². The van der Waals surface area contributed by atoms with Gasteiger partial charge in [0.15, 0.2) is 0 Å². The highest BCUT2D eigenvalue weighted by molar-refractivity contribution is 5.05. The summed E-state index contributed by atoms with van der Waals surface area (Å²) in [4.78, 5) is 0. The van der Waals surface area contributed by atoms with Gasteiger partial charge in [0, 0.05) is 6.61 Å². The molecule has 0 heterocycles. The van der Waals surface area contributed by atoms with E-state index in [-0.39, 0.29) is 6.61 Å². The van der Waals surface area contributed by atoms with Crippen molar-refractivity contribution < 1.29 is 5.11 Å². The Labute approximate surface area is 101 Å². The van der Waals surface area contributed by atoms with E-state index in [1.807, 2.05) is 0 Å². The second-order valence-electron chi connectivity index (χ2n) is 4.80. The van der Waals surface area contributed by atoms with Crippen LogP contribution in [0, 0.1) is 5.92 Å². The normalized spacial score (nSPS) is 13.6. The van der Waals surface area contributed by atoms with Crippen molar-refractivity contribution in [1.82, 2.24) is 0 Å². The lowest BCUT2D eigenvalue weighted by molar-refractivity contribution is 0.299. The topological polar surface area (TPSA) is 20.2 Å². The zero-order chi connectivity index (χ0) is 12.6. The highest BCUT2D eigenvalue weighted by Crippen LogP contribution is 2.22. The van der Waals surface area contributed by atoms with E-state index in [1.54, 1.807) is 0 Å². The predicted molar refractivity (Wildman–Crippen MR) is 72.4 cm³/mol. The number of allylic oxidation sites excluding steroid dienone is 3. The maximum absolute atomic E-state index is 8.82. The first-order valence-corrected chi connectivity index (χ1v) is 6.03. The Balaban J connectivity index is 4.18. The quantitative estimate of drug-likeness (QED) is 0.609. The van der Waals surface area contributed by atoms with E-state index in [4.69, 9.17) is 5.11 Å². The van der Waals surface area contributed by atoms with Crippen molar-refractivity contribution in [1.29, 1.82) is 0 Å². The van der Waals surface area contributed by atoms with Gasteiger partial charge in [0.1, 0.15) is 0 Å². The second kappa shape index (κ2) is 8.35. The van der Waals surface area contributed by atoms with Crippen molar-refractivity contribution in [3.63, 3.8) is 0 Å². The molecule has 92 valence electrons. The van der Waals surface area contributed by atoms with Crippen molar-refractivity contribution in [2.45, 2.75) is 46.5 Å². The first-order valence-electron chi connectivity index (χ1n) is 6.03. The van der Waals surface area contributed by atoms with Crippen LogP contribution < -0.4 is 0 Å². The van der Waals surface area contributed by atoms with Crippen LogP contribution in [0.4, 0.5) is 0 Å². The van der Waals surface area contributed by atoms with E-state index < -0.39 is 0 Å². The van der Waals surface area contributed by atoms with Crippen molar-refractivity contribution in [2.75, 3.05) is 6.61 Å². The predicted octanol–water partition coefficient (Wildman–Crippen LogP) is 4.25. The molecule has 1 unspecified atom stereocenters. The van der Waals surface area contributed by atoms with E-state index in [2.05, 4.69) is 40.0 Å². The van der Waals surface area contributed by atoms with E-state index in [9.17, 15) is 0 Å². The summed E-state index contributed by atoms with van der Waals surface area (Å²) in [6.07, 6.45) is 6.25. The molecule has 0 amide bonds. The molecule has 0 aromatic rings. The Hall–Kier alpha value is -0.820. The Kier molecular flexibility index (Phi) is 7.92. The average Bonchev–Trinajstić information content (AvgIpc) is 2.17. The first-order chi connectivity index (χ1) is 7.47. The SMILES string of the molecule is C=C(C)CCC(C/C=C(\C)CCO)C(=C)C. The van der Waals surface area contributed by atoms with Crippen LogP contribution in [-0.4, -0.2) is 11.7 Å². The van der Waals surface area contributed by atoms with Crippen LogP contribution in [0.3, 0.4) is 0 Å². The van der Waals surface area contributed by atoms with Crippen LogP contribution in [0.2, 0.25) is 0 Å². The molecule has 0 spiro atoms. The van der Waals surface area contributed by atoms with Gasteiger partial charge in [-0.2, -0.15) is 0 Å². The third kappa shape index (κ3) is 7.47. The van der Waals surface area contributed by atoms with E-state index >= 15 is 0 Å². The average molecular weight is 222 g/mol. The first kappa shape index (κ1) is 15.2. The summed E-state index contributed by atoms with van der Waals surface area (Å²) in [5.41, 5.74) is 3.75. The fourth-order valence-electron chi connectivity index (χ4n) is 1.61. The summed E-state index contributed by atoms with van der Waals surface area (Å²) < 4.78 is 0. The molecule has 0 bridgehead atoms. The van der Waals surface area contributed by atoms with Gasteiger partial charge in [-0.1, -0.05) is 29.4 Å². The molecule has 0 fully saturated rings. The summed E-state index contributed by atoms with van der Waals surface area (Å²) in [7, 11) is 0. The molecule has 0 rings (SSSR count). The van der Waals surface area contributed by atoms with Gasteiger partial charge in [-0.25, -0.2) is 0 Å². The summed E-state index contributed by atoms with van der Waals surface area (Å²) in [5, 5.41) is 8.82. The van der Waals surface area contributed by atoms with Crippen LogP contribution in [0.1, 0.15) is 46.5 Å². The minimum Gasteiger partial charge on any atom is -0.396 e. The molecule has 0 saturated carbocycles. The van der Waals surface area contributed by atoms with Gasteiger partial charge in [-0.05, 0) is 52.4 Å². The number of rotatable bonds is 8. The molecule has 0 radical (unpaired) electrons. The summed E-state index contributed by atoms with van der Waals surface area (Å²) in [6.45, 7) is 14.5. The maximum atomic E-state index is 8.82. The van der Waals surface area contributed by atoms with Gasteiger partial charge in [0.25, 0.3) is 0 Å².